The molecule has 2 aromatic rings. The number of rotatable bonds is 8. The molecule has 0 fully saturated rings. The fourth-order valence-electron chi connectivity index (χ4n) is 4.24. The number of benzene rings is 2. The topological polar surface area (TPSA) is 84.9 Å². The summed E-state index contributed by atoms with van der Waals surface area (Å²) >= 11 is 0. The molecule has 6 nitrogen and oxygen atoms in total. The van der Waals surface area contributed by atoms with Crippen molar-refractivity contribution in [3.05, 3.63) is 46.5 Å². The predicted octanol–water partition coefficient (Wildman–Crippen LogP) is 6.26. The van der Waals surface area contributed by atoms with Crippen molar-refractivity contribution in [2.75, 3.05) is 17.1 Å². The van der Waals surface area contributed by atoms with Crippen LogP contribution in [-0.2, 0) is 26.9 Å². The molecule has 1 aliphatic heterocycles. The Balaban J connectivity index is 2.16. The van der Waals surface area contributed by atoms with Crippen molar-refractivity contribution in [3.8, 4) is 16.9 Å². The summed E-state index contributed by atoms with van der Waals surface area (Å²) in [5.41, 5.74) is 3.44. The maximum atomic E-state index is 12.6. The van der Waals surface area contributed by atoms with E-state index in [2.05, 4.69) is 4.72 Å². The van der Waals surface area contributed by atoms with Gasteiger partial charge in [0.15, 0.2) is 6.10 Å². The van der Waals surface area contributed by atoms with Gasteiger partial charge < -0.3 is 19.3 Å². The molecule has 0 saturated heterocycles. The van der Waals surface area contributed by atoms with Crippen molar-refractivity contribution in [1.82, 2.24) is 0 Å². The molecule has 0 radical (unpaired) electrons. The van der Waals surface area contributed by atoms with Crippen LogP contribution in [-0.4, -0.2) is 39.4 Å². The van der Waals surface area contributed by atoms with Crippen LogP contribution < -0.4 is 9.46 Å². The molecule has 0 bridgehead atoms. The van der Waals surface area contributed by atoms with Gasteiger partial charge in [-0.25, -0.2) is 9.00 Å². The summed E-state index contributed by atoms with van der Waals surface area (Å²) in [5, 5.41) is 10.2. The number of alkyl halides is 3. The van der Waals surface area contributed by atoms with Crippen LogP contribution in [0.3, 0.4) is 0 Å². The first-order valence-electron chi connectivity index (χ1n) is 11.7. The highest BCUT2D eigenvalue weighted by molar-refractivity contribution is 7.86. The first-order chi connectivity index (χ1) is 16.7. The van der Waals surface area contributed by atoms with Gasteiger partial charge >= 0.3 is 12.1 Å². The van der Waals surface area contributed by atoms with E-state index >= 15 is 0 Å². The second-order valence-corrected chi connectivity index (χ2v) is 11.2. The molecular weight excluding hydrogens is 495 g/mol. The van der Waals surface area contributed by atoms with Crippen LogP contribution >= 0.6 is 0 Å². The third kappa shape index (κ3) is 7.00. The highest BCUT2D eigenvalue weighted by Crippen LogP contribution is 2.42. The van der Waals surface area contributed by atoms with Crippen molar-refractivity contribution >= 4 is 22.6 Å². The normalized spacial score (nSPS) is 15.6. The van der Waals surface area contributed by atoms with E-state index in [4.69, 9.17) is 9.47 Å². The van der Waals surface area contributed by atoms with Gasteiger partial charge in [-0.3, -0.25) is 0 Å². The lowest BCUT2D eigenvalue weighted by Crippen LogP contribution is -2.28. The Bertz CT molecular complexity index is 1160. The number of hydrogen-bond donors (Lipinski definition) is 2. The van der Waals surface area contributed by atoms with Crippen LogP contribution in [0.25, 0.3) is 11.1 Å². The van der Waals surface area contributed by atoms with Crippen LogP contribution in [0.2, 0.25) is 0 Å². The van der Waals surface area contributed by atoms with E-state index in [1.54, 1.807) is 40.7 Å². The molecule has 0 saturated carbocycles. The number of fused-ring (bicyclic) bond motifs is 1. The van der Waals surface area contributed by atoms with Crippen LogP contribution in [0, 0.1) is 13.8 Å². The lowest BCUT2D eigenvalue weighted by molar-refractivity contribution is -0.160. The van der Waals surface area contributed by atoms with Gasteiger partial charge in [0, 0.05) is 11.3 Å². The smallest absolute Gasteiger partial charge is 0.390 e. The first kappa shape index (κ1) is 28.0. The van der Waals surface area contributed by atoms with E-state index in [9.17, 15) is 27.3 Å². The number of carbonyl (C=O) groups is 1. The summed E-state index contributed by atoms with van der Waals surface area (Å²) in [6.07, 6.45) is -5.29. The molecule has 3 rings (SSSR count). The number of carboxylic acids is 1. The molecule has 0 spiro atoms. The van der Waals surface area contributed by atoms with Crippen LogP contribution in [0.1, 0.15) is 62.0 Å². The fraction of sp³-hybridized carbons (Fsp3) is 0.500. The molecule has 2 unspecified atom stereocenters. The number of halogens is 3. The predicted molar refractivity (Wildman–Crippen MR) is 134 cm³/mol. The molecule has 10 heteroatoms. The maximum absolute atomic E-state index is 12.6. The maximum Gasteiger partial charge on any atom is 0.390 e. The fourth-order valence-corrected chi connectivity index (χ4v) is 5.22. The van der Waals surface area contributed by atoms with E-state index in [1.807, 2.05) is 18.2 Å². The van der Waals surface area contributed by atoms with Crippen molar-refractivity contribution in [2.45, 2.75) is 71.8 Å². The lowest BCUT2D eigenvalue weighted by Gasteiger charge is -2.30. The average Bonchev–Trinajstić information content (AvgIpc) is 2.77. The SMILES string of the molecule is Cc1cc(NS(=O)CCC(F)(F)F)c(C)c(C(OC(C)(C)C)C(=O)O)c1-c1ccc2c(c1)CCCO2. The molecule has 0 aromatic heterocycles. The van der Waals surface area contributed by atoms with Crippen molar-refractivity contribution in [1.29, 1.82) is 0 Å². The summed E-state index contributed by atoms with van der Waals surface area (Å²) < 4.78 is 64.6. The van der Waals surface area contributed by atoms with Gasteiger partial charge in [0.2, 0.25) is 0 Å². The minimum atomic E-state index is -4.43. The van der Waals surface area contributed by atoms with E-state index in [0.29, 0.717) is 34.5 Å². The molecular formula is C26H32F3NO5S. The molecule has 1 heterocycles. The van der Waals surface area contributed by atoms with Crippen molar-refractivity contribution < 1.29 is 36.8 Å². The van der Waals surface area contributed by atoms with E-state index in [1.165, 1.54) is 0 Å². The van der Waals surface area contributed by atoms with Gasteiger partial charge in [-0.05, 0) is 93.5 Å². The Morgan fingerprint density at radius 1 is 1.22 bits per heavy atom. The molecule has 36 heavy (non-hydrogen) atoms. The zero-order valence-corrected chi connectivity index (χ0v) is 21.9. The van der Waals surface area contributed by atoms with E-state index in [-0.39, 0.29) is 0 Å². The summed E-state index contributed by atoms with van der Waals surface area (Å²) in [6, 6.07) is 7.39. The average molecular weight is 528 g/mol. The van der Waals surface area contributed by atoms with Crippen molar-refractivity contribution in [2.24, 2.45) is 0 Å². The van der Waals surface area contributed by atoms with E-state index in [0.717, 1.165) is 29.7 Å². The van der Waals surface area contributed by atoms with Gasteiger partial charge in [0.1, 0.15) is 16.7 Å². The quantitative estimate of drug-likeness (QED) is 0.423. The minimum absolute atomic E-state index is 0.303. The zero-order valence-electron chi connectivity index (χ0n) is 21.0. The van der Waals surface area contributed by atoms with Gasteiger partial charge in [-0.2, -0.15) is 13.2 Å². The Kier molecular flexibility index (Phi) is 8.40. The van der Waals surface area contributed by atoms with Gasteiger partial charge in [-0.15, -0.1) is 0 Å². The van der Waals surface area contributed by atoms with Crippen LogP contribution in [0.15, 0.2) is 24.3 Å². The number of ether oxygens (including phenoxy) is 2. The third-order valence-electron chi connectivity index (χ3n) is 5.78. The summed E-state index contributed by atoms with van der Waals surface area (Å²) in [6.45, 7) is 9.32. The molecule has 0 amide bonds. The Labute approximate surface area is 211 Å². The zero-order chi connectivity index (χ0) is 26.8. The van der Waals surface area contributed by atoms with Gasteiger partial charge in [0.05, 0.1) is 24.4 Å². The summed E-state index contributed by atoms with van der Waals surface area (Å²) in [5.74, 6) is -1.03. The second-order valence-electron chi connectivity index (χ2n) is 9.89. The summed E-state index contributed by atoms with van der Waals surface area (Å²) in [7, 11) is -2.01. The van der Waals surface area contributed by atoms with Crippen molar-refractivity contribution in [3.63, 3.8) is 0 Å². The van der Waals surface area contributed by atoms with E-state index < -0.39 is 47.0 Å². The second kappa shape index (κ2) is 10.8. The number of nitrogens with one attached hydrogen (secondary N) is 1. The standard InChI is InChI=1S/C26H32F3NO5S/c1-15-13-19(30-36(33)12-10-26(27,28)29)16(2)22(23(24(31)32)35-25(3,4)5)21(15)18-8-9-20-17(14-18)7-6-11-34-20/h8-9,13-14,23,30H,6-7,10-12H2,1-5H3,(H,31,32). The Hall–Kier alpha value is -2.59. The number of carboxylic acid groups (broad SMARTS) is 1. The first-order valence-corrected chi connectivity index (χ1v) is 13.0. The molecule has 2 aromatic carbocycles. The van der Waals surface area contributed by atoms with Gasteiger partial charge in [-0.1, -0.05) is 6.07 Å². The number of aliphatic carboxylic acids is 1. The number of hydrogen-bond acceptors (Lipinski definition) is 4. The van der Waals surface area contributed by atoms with Crippen LogP contribution in [0.5, 0.6) is 5.75 Å². The highest BCUT2D eigenvalue weighted by atomic mass is 32.2. The summed E-state index contributed by atoms with van der Waals surface area (Å²) in [4.78, 5) is 12.5. The number of aryl methyl sites for hydroxylation is 2. The molecule has 0 aliphatic carbocycles. The minimum Gasteiger partial charge on any atom is -0.493 e. The highest BCUT2D eigenvalue weighted by Gasteiger charge is 2.33. The third-order valence-corrected chi connectivity index (χ3v) is 6.80. The Morgan fingerprint density at radius 2 is 1.92 bits per heavy atom. The van der Waals surface area contributed by atoms with Crippen LogP contribution in [0.4, 0.5) is 18.9 Å². The Morgan fingerprint density at radius 3 is 2.53 bits per heavy atom. The largest absolute Gasteiger partial charge is 0.493 e. The molecule has 1 aliphatic rings. The lowest BCUT2D eigenvalue weighted by atomic mass is 9.86. The monoisotopic (exact) mass is 527 g/mol. The number of anilines is 1. The molecule has 2 N–H and O–H groups in total. The van der Waals surface area contributed by atoms with Gasteiger partial charge in [0.25, 0.3) is 0 Å². The molecule has 2 atom stereocenters. The molecule has 198 valence electrons.